The van der Waals surface area contributed by atoms with Crippen LogP contribution in [-0.4, -0.2) is 28.4 Å². The van der Waals surface area contributed by atoms with Crippen LogP contribution in [0.15, 0.2) is 59.2 Å². The summed E-state index contributed by atoms with van der Waals surface area (Å²) in [5.74, 6) is -0.660. The Labute approximate surface area is 190 Å². The van der Waals surface area contributed by atoms with Crippen molar-refractivity contribution in [1.29, 1.82) is 0 Å². The molecule has 0 bridgehead atoms. The van der Waals surface area contributed by atoms with E-state index in [9.17, 15) is 9.59 Å². The second kappa shape index (κ2) is 8.06. The summed E-state index contributed by atoms with van der Waals surface area (Å²) in [5.41, 5.74) is 6.19. The predicted octanol–water partition coefficient (Wildman–Crippen LogP) is 4.60. The van der Waals surface area contributed by atoms with Gasteiger partial charge in [0.25, 0.3) is 0 Å². The molecule has 1 atom stereocenters. The molecule has 0 fully saturated rings. The van der Waals surface area contributed by atoms with Gasteiger partial charge >= 0.3 is 5.97 Å². The summed E-state index contributed by atoms with van der Waals surface area (Å²) in [6.45, 7) is 4.67. The van der Waals surface area contributed by atoms with Crippen LogP contribution in [0, 0.1) is 6.92 Å². The lowest BCUT2D eigenvalue weighted by Gasteiger charge is -2.33. The number of ether oxygens (including phenoxy) is 1. The van der Waals surface area contributed by atoms with Crippen LogP contribution in [-0.2, 0) is 20.9 Å². The number of dihydropyridines is 1. The summed E-state index contributed by atoms with van der Waals surface area (Å²) in [7, 11) is 1.39. The van der Waals surface area contributed by atoms with Gasteiger partial charge in [-0.25, -0.2) is 9.78 Å². The molecule has 32 heavy (non-hydrogen) atoms. The molecule has 0 saturated carbocycles. The molecule has 0 unspecified atom stereocenters. The Kier molecular flexibility index (Phi) is 5.21. The molecule has 7 heteroatoms. The van der Waals surface area contributed by atoms with Gasteiger partial charge in [-0.15, -0.1) is 11.3 Å². The number of aromatic nitrogens is 2. The van der Waals surface area contributed by atoms with E-state index >= 15 is 0 Å². The van der Waals surface area contributed by atoms with Gasteiger partial charge in [-0.1, -0.05) is 12.1 Å². The number of benzene rings is 1. The largest absolute Gasteiger partial charge is 0.466 e. The first-order valence-corrected chi connectivity index (χ1v) is 11.6. The van der Waals surface area contributed by atoms with Crippen LogP contribution < -0.4 is 5.32 Å². The van der Waals surface area contributed by atoms with E-state index in [4.69, 9.17) is 4.74 Å². The van der Waals surface area contributed by atoms with E-state index in [1.54, 1.807) is 11.3 Å². The fourth-order valence-corrected chi connectivity index (χ4v) is 5.98. The summed E-state index contributed by atoms with van der Waals surface area (Å²) < 4.78 is 7.25. The number of carbonyl (C=O) groups is 2. The number of hydrogen-bond donors (Lipinski definition) is 1. The maximum Gasteiger partial charge on any atom is 0.336 e. The third-order valence-electron chi connectivity index (χ3n) is 6.37. The number of nitrogens with one attached hydrogen (secondary N) is 1. The van der Waals surface area contributed by atoms with Crippen molar-refractivity contribution in [2.75, 3.05) is 7.11 Å². The standard InChI is InChI=1S/C25H25N3O3S/c1-14-22(25(30)31-3)24(23-18(27-14)8-6-10-20(23)29)21-11-16(15(2)32-21)12-28-13-26-17-7-4-5-9-19(17)28/h4-5,7,9,11,13,24,27H,6,8,10,12H2,1-3H3/t24-/m1/s1. The first kappa shape index (κ1) is 20.7. The molecule has 2 aromatic heterocycles. The molecule has 3 aromatic rings. The Balaban J connectivity index is 1.59. The number of methoxy groups -OCH3 is 1. The Morgan fingerprint density at radius 1 is 1.28 bits per heavy atom. The summed E-state index contributed by atoms with van der Waals surface area (Å²) in [5, 5.41) is 3.32. The van der Waals surface area contributed by atoms with E-state index in [0.717, 1.165) is 45.7 Å². The topological polar surface area (TPSA) is 73.2 Å². The number of Topliss-reactive ketones (excluding diaryl/α,β-unsaturated/α-hetero) is 1. The molecule has 6 nitrogen and oxygen atoms in total. The molecular formula is C25H25N3O3S. The normalized spacial score (nSPS) is 18.7. The van der Waals surface area contributed by atoms with Crippen molar-refractivity contribution in [3.05, 3.63) is 74.5 Å². The monoisotopic (exact) mass is 447 g/mol. The number of hydrogen-bond acceptors (Lipinski definition) is 6. The first-order chi connectivity index (χ1) is 15.5. The zero-order chi connectivity index (χ0) is 22.4. The second-order valence-electron chi connectivity index (χ2n) is 8.35. The van der Waals surface area contributed by atoms with Crippen LogP contribution in [0.2, 0.25) is 0 Å². The number of esters is 1. The van der Waals surface area contributed by atoms with Crippen LogP contribution in [0.25, 0.3) is 11.0 Å². The molecule has 0 radical (unpaired) electrons. The van der Waals surface area contributed by atoms with E-state index in [0.29, 0.717) is 18.5 Å². The number of rotatable bonds is 4. The van der Waals surface area contributed by atoms with Gasteiger partial charge in [0.1, 0.15) is 0 Å². The van der Waals surface area contributed by atoms with Gasteiger partial charge in [0.05, 0.1) is 42.5 Å². The summed E-state index contributed by atoms with van der Waals surface area (Å²) in [4.78, 5) is 32.4. The maximum atomic E-state index is 13.0. The molecule has 2 aliphatic rings. The number of allylic oxidation sites excluding steroid dienone is 3. The van der Waals surface area contributed by atoms with Crippen LogP contribution in [0.3, 0.4) is 0 Å². The Morgan fingerprint density at radius 3 is 2.91 bits per heavy atom. The van der Waals surface area contributed by atoms with Gasteiger partial charge in [0, 0.05) is 33.1 Å². The summed E-state index contributed by atoms with van der Waals surface area (Å²) >= 11 is 1.65. The fraction of sp³-hybridized carbons (Fsp3) is 0.320. The highest BCUT2D eigenvalue weighted by atomic mass is 32.1. The number of ketones is 1. The average molecular weight is 448 g/mol. The van der Waals surface area contributed by atoms with Crippen LogP contribution in [0.4, 0.5) is 0 Å². The third kappa shape index (κ3) is 3.37. The lowest BCUT2D eigenvalue weighted by molar-refractivity contribution is -0.136. The Morgan fingerprint density at radius 2 is 2.09 bits per heavy atom. The Bertz CT molecular complexity index is 1310. The van der Waals surface area contributed by atoms with Crippen molar-refractivity contribution >= 4 is 34.1 Å². The number of carbonyl (C=O) groups excluding carboxylic acids is 2. The minimum Gasteiger partial charge on any atom is -0.466 e. The third-order valence-corrected chi connectivity index (χ3v) is 7.53. The zero-order valence-electron chi connectivity index (χ0n) is 18.4. The molecule has 1 aromatic carbocycles. The molecular weight excluding hydrogens is 422 g/mol. The lowest BCUT2D eigenvalue weighted by Crippen LogP contribution is -2.33. The van der Waals surface area contributed by atoms with Crippen molar-refractivity contribution in [3.8, 4) is 0 Å². The van der Waals surface area contributed by atoms with Crippen molar-refractivity contribution in [1.82, 2.24) is 14.9 Å². The van der Waals surface area contributed by atoms with Crippen LogP contribution in [0.1, 0.15) is 47.4 Å². The quantitative estimate of drug-likeness (QED) is 0.592. The molecule has 0 amide bonds. The van der Waals surface area contributed by atoms with Crippen LogP contribution in [0.5, 0.6) is 0 Å². The number of aryl methyl sites for hydroxylation is 1. The lowest BCUT2D eigenvalue weighted by atomic mass is 9.78. The molecule has 1 N–H and O–H groups in total. The van der Waals surface area contributed by atoms with Crippen molar-refractivity contribution in [2.45, 2.75) is 45.6 Å². The highest BCUT2D eigenvalue weighted by molar-refractivity contribution is 7.12. The second-order valence-corrected chi connectivity index (χ2v) is 9.64. The predicted molar refractivity (Wildman–Crippen MR) is 124 cm³/mol. The molecule has 1 aliphatic heterocycles. The minimum atomic E-state index is -0.391. The van der Waals surface area contributed by atoms with E-state index in [1.807, 2.05) is 31.5 Å². The number of nitrogens with zero attached hydrogens (tertiary/aromatic N) is 2. The van der Waals surface area contributed by atoms with E-state index in [1.165, 1.54) is 17.6 Å². The van der Waals surface area contributed by atoms with Crippen molar-refractivity contribution in [2.24, 2.45) is 0 Å². The zero-order valence-corrected chi connectivity index (χ0v) is 19.2. The fourth-order valence-electron chi connectivity index (χ4n) is 4.81. The van der Waals surface area contributed by atoms with E-state index in [2.05, 4.69) is 33.9 Å². The van der Waals surface area contributed by atoms with E-state index in [-0.39, 0.29) is 11.7 Å². The summed E-state index contributed by atoms with van der Waals surface area (Å²) in [6.07, 6.45) is 4.03. The number of fused-ring (bicyclic) bond motifs is 1. The highest BCUT2D eigenvalue weighted by Crippen LogP contribution is 2.45. The van der Waals surface area contributed by atoms with Gasteiger partial charge in [-0.3, -0.25) is 4.79 Å². The van der Waals surface area contributed by atoms with Gasteiger partial charge in [-0.05, 0) is 50.5 Å². The SMILES string of the molecule is COC(=O)C1=C(C)NC2=C(C(=O)CCC2)[C@@H]1c1cc(Cn2cnc3ccccc32)c(C)s1. The van der Waals surface area contributed by atoms with Gasteiger partial charge < -0.3 is 14.6 Å². The van der Waals surface area contributed by atoms with E-state index < -0.39 is 5.97 Å². The molecule has 0 saturated heterocycles. The average Bonchev–Trinajstić information content (AvgIpc) is 3.36. The number of para-hydroxylation sites is 2. The Hall–Kier alpha value is -3.19. The molecule has 1 aliphatic carbocycles. The van der Waals surface area contributed by atoms with Crippen LogP contribution >= 0.6 is 11.3 Å². The maximum absolute atomic E-state index is 13.0. The minimum absolute atomic E-state index is 0.117. The number of imidazole rings is 1. The summed E-state index contributed by atoms with van der Waals surface area (Å²) in [6, 6.07) is 10.2. The highest BCUT2D eigenvalue weighted by Gasteiger charge is 2.39. The van der Waals surface area contributed by atoms with Crippen molar-refractivity contribution < 1.29 is 14.3 Å². The van der Waals surface area contributed by atoms with Gasteiger partial charge in [0.2, 0.25) is 0 Å². The first-order valence-electron chi connectivity index (χ1n) is 10.8. The molecule has 0 spiro atoms. The smallest absolute Gasteiger partial charge is 0.336 e. The van der Waals surface area contributed by atoms with Crippen molar-refractivity contribution in [3.63, 3.8) is 0 Å². The van der Waals surface area contributed by atoms with Gasteiger partial charge in [-0.2, -0.15) is 0 Å². The number of thiophene rings is 1. The van der Waals surface area contributed by atoms with Gasteiger partial charge in [0.15, 0.2) is 5.78 Å². The molecule has 3 heterocycles. The molecule has 5 rings (SSSR count). The molecule has 164 valence electrons.